The molecule has 1 N–H and O–H groups in total. The van der Waals surface area contributed by atoms with Gasteiger partial charge >= 0.3 is 0 Å². The minimum Gasteiger partial charge on any atom is -0.390 e. The van der Waals surface area contributed by atoms with Crippen molar-refractivity contribution >= 4 is 21.7 Å². The number of halogens is 1. The number of Topliss-reactive ketones (excluding diaryl/α,β-unsaturated/α-hetero) is 1. The summed E-state index contributed by atoms with van der Waals surface area (Å²) in [6, 6.07) is 8.85. The van der Waals surface area contributed by atoms with Gasteiger partial charge in [-0.1, -0.05) is 15.9 Å². The largest absolute Gasteiger partial charge is 0.390 e. The van der Waals surface area contributed by atoms with E-state index < -0.39 is 0 Å². The Balaban J connectivity index is 3.12. The molecular weight excluding hydrogens is 268 g/mol. The Morgan fingerprint density at radius 2 is 1.94 bits per heavy atom. The van der Waals surface area contributed by atoms with Crippen molar-refractivity contribution in [2.45, 2.75) is 6.92 Å². The summed E-state index contributed by atoms with van der Waals surface area (Å²) in [4.78, 5) is 12.0. The van der Waals surface area contributed by atoms with Crippen molar-refractivity contribution in [3.8, 4) is 6.07 Å². The summed E-state index contributed by atoms with van der Waals surface area (Å²) in [6.45, 7) is 1.70. The molecule has 0 aliphatic carbocycles. The summed E-state index contributed by atoms with van der Waals surface area (Å²) < 4.78 is 0.900. The molecule has 1 aromatic carbocycles. The number of ketones is 1. The highest BCUT2D eigenvalue weighted by molar-refractivity contribution is 9.10. The Labute approximate surface area is 103 Å². The van der Waals surface area contributed by atoms with Gasteiger partial charge in [-0.05, 0) is 31.2 Å². The third-order valence-corrected chi connectivity index (χ3v) is 2.72. The van der Waals surface area contributed by atoms with Crippen molar-refractivity contribution in [2.24, 2.45) is 0 Å². The van der Waals surface area contributed by atoms with Crippen LogP contribution in [-0.4, -0.2) is 12.8 Å². The maximum Gasteiger partial charge on any atom is 0.205 e. The number of benzene rings is 1. The van der Waals surface area contributed by atoms with Crippen molar-refractivity contribution in [1.82, 2.24) is 5.32 Å². The second-order valence-electron chi connectivity index (χ2n) is 3.20. The maximum absolute atomic E-state index is 12.0. The zero-order valence-corrected chi connectivity index (χ0v) is 10.6. The molecule has 1 rings (SSSR count). The van der Waals surface area contributed by atoms with E-state index in [4.69, 9.17) is 5.26 Å². The molecule has 0 amide bonds. The van der Waals surface area contributed by atoms with E-state index >= 15 is 0 Å². The van der Waals surface area contributed by atoms with Gasteiger partial charge in [-0.15, -0.1) is 0 Å². The third-order valence-electron chi connectivity index (χ3n) is 2.20. The van der Waals surface area contributed by atoms with Gasteiger partial charge in [-0.3, -0.25) is 4.79 Å². The molecule has 0 radical (unpaired) electrons. The van der Waals surface area contributed by atoms with Gasteiger partial charge in [0.15, 0.2) is 0 Å². The number of hydrogen-bond donors (Lipinski definition) is 1. The van der Waals surface area contributed by atoms with Crippen LogP contribution in [0.4, 0.5) is 0 Å². The van der Waals surface area contributed by atoms with Gasteiger partial charge in [0.25, 0.3) is 0 Å². The predicted octanol–water partition coefficient (Wildman–Crippen LogP) is 2.65. The Hall–Kier alpha value is -1.60. The lowest BCUT2D eigenvalue weighted by Gasteiger charge is -2.04. The molecule has 3 nitrogen and oxygen atoms in total. The SMILES string of the molecule is CNC(C)=C(C#N)C(=O)c1ccc(Br)cc1. The lowest BCUT2D eigenvalue weighted by atomic mass is 10.0. The van der Waals surface area contributed by atoms with Gasteiger partial charge in [0.2, 0.25) is 5.78 Å². The van der Waals surface area contributed by atoms with Crippen molar-refractivity contribution in [2.75, 3.05) is 7.05 Å². The maximum atomic E-state index is 12.0. The number of rotatable bonds is 3. The smallest absolute Gasteiger partial charge is 0.205 e. The van der Waals surface area contributed by atoms with Crippen LogP contribution >= 0.6 is 15.9 Å². The lowest BCUT2D eigenvalue weighted by molar-refractivity contribution is 0.103. The second-order valence-corrected chi connectivity index (χ2v) is 4.11. The molecule has 0 aliphatic heterocycles. The molecule has 0 saturated heterocycles. The first-order valence-electron chi connectivity index (χ1n) is 4.69. The van der Waals surface area contributed by atoms with Crippen LogP contribution in [0.2, 0.25) is 0 Å². The number of hydrogen-bond acceptors (Lipinski definition) is 3. The van der Waals surface area contributed by atoms with Crippen LogP contribution in [0.3, 0.4) is 0 Å². The zero-order valence-electron chi connectivity index (χ0n) is 9.04. The molecular formula is C12H11BrN2O. The van der Waals surface area contributed by atoms with E-state index in [1.165, 1.54) is 0 Å². The molecule has 16 heavy (non-hydrogen) atoms. The van der Waals surface area contributed by atoms with Crippen LogP contribution in [0.5, 0.6) is 0 Å². The predicted molar refractivity (Wildman–Crippen MR) is 65.8 cm³/mol. The lowest BCUT2D eigenvalue weighted by Crippen LogP contribution is -2.11. The summed E-state index contributed by atoms with van der Waals surface area (Å²) in [7, 11) is 1.68. The van der Waals surface area contributed by atoms with E-state index in [2.05, 4.69) is 21.2 Å². The fourth-order valence-electron chi connectivity index (χ4n) is 1.18. The first-order chi connectivity index (χ1) is 7.60. The van der Waals surface area contributed by atoms with Crippen LogP contribution in [0.1, 0.15) is 17.3 Å². The second kappa shape index (κ2) is 5.47. The number of nitrogens with one attached hydrogen (secondary N) is 1. The number of carbonyl (C=O) groups is 1. The first kappa shape index (κ1) is 12.5. The third kappa shape index (κ3) is 2.71. The molecule has 0 aromatic heterocycles. The highest BCUT2D eigenvalue weighted by atomic mass is 79.9. The summed E-state index contributed by atoms with van der Waals surface area (Å²) in [5.41, 5.74) is 1.23. The van der Waals surface area contributed by atoms with Crippen molar-refractivity contribution in [1.29, 1.82) is 5.26 Å². The van der Waals surface area contributed by atoms with E-state index in [0.717, 1.165) is 4.47 Å². The molecule has 0 bridgehead atoms. The minimum absolute atomic E-state index is 0.143. The molecule has 1 aromatic rings. The molecule has 0 unspecified atom stereocenters. The van der Waals surface area contributed by atoms with Gasteiger partial charge in [0, 0.05) is 22.8 Å². The van der Waals surface area contributed by atoms with Crippen LogP contribution in [0.25, 0.3) is 0 Å². The standard InChI is InChI=1S/C12H11BrN2O/c1-8(15-2)11(7-14)12(16)9-3-5-10(13)6-4-9/h3-6,15H,1-2H3. The molecule has 0 atom stereocenters. The topological polar surface area (TPSA) is 52.9 Å². The minimum atomic E-state index is -0.262. The average molecular weight is 279 g/mol. The summed E-state index contributed by atoms with van der Waals surface area (Å²) in [5.74, 6) is -0.262. The molecule has 0 heterocycles. The number of nitriles is 1. The zero-order chi connectivity index (χ0) is 12.1. The highest BCUT2D eigenvalue weighted by Crippen LogP contribution is 2.14. The quantitative estimate of drug-likeness (QED) is 0.525. The van der Waals surface area contributed by atoms with E-state index in [-0.39, 0.29) is 11.4 Å². The summed E-state index contributed by atoms with van der Waals surface area (Å²) in [5, 5.41) is 11.7. The van der Waals surface area contributed by atoms with E-state index in [9.17, 15) is 4.79 Å². The highest BCUT2D eigenvalue weighted by Gasteiger charge is 2.14. The Bertz CT molecular complexity index is 469. The molecule has 0 fully saturated rings. The van der Waals surface area contributed by atoms with Crippen LogP contribution in [0.15, 0.2) is 40.0 Å². The van der Waals surface area contributed by atoms with Crippen LogP contribution in [-0.2, 0) is 0 Å². The molecule has 0 saturated carbocycles. The monoisotopic (exact) mass is 278 g/mol. The fraction of sp³-hybridized carbons (Fsp3) is 0.167. The number of allylic oxidation sites excluding steroid dienone is 2. The summed E-state index contributed by atoms with van der Waals surface area (Å²) >= 11 is 3.29. The summed E-state index contributed by atoms with van der Waals surface area (Å²) in [6.07, 6.45) is 0. The van der Waals surface area contributed by atoms with Gasteiger partial charge in [0.1, 0.15) is 11.6 Å². The fourth-order valence-corrected chi connectivity index (χ4v) is 1.44. The molecule has 0 aliphatic rings. The molecule has 0 spiro atoms. The number of nitrogens with zero attached hydrogens (tertiary/aromatic N) is 1. The molecule has 82 valence electrons. The van der Waals surface area contributed by atoms with Gasteiger partial charge in [-0.2, -0.15) is 5.26 Å². The van der Waals surface area contributed by atoms with Gasteiger partial charge in [0.05, 0.1) is 0 Å². The van der Waals surface area contributed by atoms with Crippen LogP contribution < -0.4 is 5.32 Å². The molecule has 4 heteroatoms. The first-order valence-corrected chi connectivity index (χ1v) is 5.48. The van der Waals surface area contributed by atoms with Crippen LogP contribution in [0, 0.1) is 11.3 Å². The van der Waals surface area contributed by atoms with Crippen molar-refractivity contribution in [3.05, 3.63) is 45.6 Å². The van der Waals surface area contributed by atoms with E-state index in [1.54, 1.807) is 38.2 Å². The van der Waals surface area contributed by atoms with Gasteiger partial charge in [-0.25, -0.2) is 0 Å². The number of carbonyl (C=O) groups excluding carboxylic acids is 1. The van der Waals surface area contributed by atoms with E-state index in [0.29, 0.717) is 11.3 Å². The van der Waals surface area contributed by atoms with Crippen molar-refractivity contribution in [3.63, 3.8) is 0 Å². The van der Waals surface area contributed by atoms with E-state index in [1.807, 2.05) is 6.07 Å². The Kier molecular flexibility index (Phi) is 4.27. The van der Waals surface area contributed by atoms with Crippen molar-refractivity contribution < 1.29 is 4.79 Å². The van der Waals surface area contributed by atoms with Gasteiger partial charge < -0.3 is 5.32 Å². The Morgan fingerprint density at radius 3 is 2.38 bits per heavy atom. The average Bonchev–Trinajstić information content (AvgIpc) is 2.30. The normalized spacial score (nSPS) is 11.4. The Morgan fingerprint density at radius 1 is 1.38 bits per heavy atom.